The minimum Gasteiger partial charge on any atom is -0.385 e. The molecular weight excluding hydrogens is 238 g/mol. The fourth-order valence-corrected chi connectivity index (χ4v) is 2.27. The van der Waals surface area contributed by atoms with Crippen molar-refractivity contribution >= 4 is 16.8 Å². The Balaban J connectivity index is 1.84. The first-order valence-corrected chi connectivity index (χ1v) is 6.89. The third-order valence-electron chi connectivity index (χ3n) is 2.99. The SMILES string of the molecule is O=S(O)c1ccc(NCC2CCOCC2)cc1. The number of hydrogen-bond acceptors (Lipinski definition) is 3. The molecule has 1 aliphatic rings. The van der Waals surface area contributed by atoms with E-state index in [4.69, 9.17) is 9.29 Å². The van der Waals surface area contributed by atoms with Crippen molar-refractivity contribution in [2.24, 2.45) is 5.92 Å². The molecule has 0 saturated carbocycles. The van der Waals surface area contributed by atoms with E-state index >= 15 is 0 Å². The average Bonchev–Trinajstić information content (AvgIpc) is 2.38. The maximum atomic E-state index is 10.8. The second-order valence-electron chi connectivity index (χ2n) is 4.21. The van der Waals surface area contributed by atoms with E-state index in [-0.39, 0.29) is 0 Å². The molecule has 1 aromatic carbocycles. The lowest BCUT2D eigenvalue weighted by atomic mass is 10.0. The Hall–Kier alpha value is -0.910. The van der Waals surface area contributed by atoms with Crippen molar-refractivity contribution in [2.75, 3.05) is 25.1 Å². The minimum absolute atomic E-state index is 0.432. The van der Waals surface area contributed by atoms with Crippen LogP contribution in [-0.2, 0) is 15.8 Å². The van der Waals surface area contributed by atoms with E-state index in [2.05, 4.69) is 5.32 Å². The van der Waals surface area contributed by atoms with Gasteiger partial charge in [0.25, 0.3) is 0 Å². The van der Waals surface area contributed by atoms with Crippen LogP contribution < -0.4 is 5.32 Å². The van der Waals surface area contributed by atoms with Crippen LogP contribution in [0, 0.1) is 5.92 Å². The van der Waals surface area contributed by atoms with Gasteiger partial charge in [0, 0.05) is 25.4 Å². The predicted molar refractivity (Wildman–Crippen MR) is 67.5 cm³/mol. The molecule has 1 atom stereocenters. The van der Waals surface area contributed by atoms with Crippen molar-refractivity contribution in [1.29, 1.82) is 0 Å². The highest BCUT2D eigenvalue weighted by Crippen LogP contribution is 2.17. The Morgan fingerprint density at radius 1 is 1.29 bits per heavy atom. The van der Waals surface area contributed by atoms with Gasteiger partial charge in [-0.05, 0) is 43.0 Å². The molecule has 1 heterocycles. The minimum atomic E-state index is -1.89. The van der Waals surface area contributed by atoms with Gasteiger partial charge in [0.15, 0.2) is 11.1 Å². The van der Waals surface area contributed by atoms with Gasteiger partial charge in [-0.25, -0.2) is 4.21 Å². The van der Waals surface area contributed by atoms with Crippen molar-refractivity contribution < 1.29 is 13.5 Å². The molecule has 0 aliphatic carbocycles. The molecule has 1 unspecified atom stereocenters. The number of nitrogens with one attached hydrogen (secondary N) is 1. The number of anilines is 1. The lowest BCUT2D eigenvalue weighted by molar-refractivity contribution is 0.0699. The summed E-state index contributed by atoms with van der Waals surface area (Å²) in [5.41, 5.74) is 0.991. The molecule has 94 valence electrons. The largest absolute Gasteiger partial charge is 0.385 e. The van der Waals surface area contributed by atoms with Crippen LogP contribution in [0.2, 0.25) is 0 Å². The van der Waals surface area contributed by atoms with Crippen LogP contribution in [0.15, 0.2) is 29.2 Å². The van der Waals surface area contributed by atoms with E-state index in [1.54, 1.807) is 12.1 Å². The number of hydrogen-bond donors (Lipinski definition) is 2. The maximum Gasteiger partial charge on any atom is 0.186 e. The first kappa shape index (κ1) is 12.5. The topological polar surface area (TPSA) is 58.6 Å². The third-order valence-corrected chi connectivity index (χ3v) is 3.67. The van der Waals surface area contributed by atoms with E-state index in [0.717, 1.165) is 38.3 Å². The molecule has 1 fully saturated rings. The van der Waals surface area contributed by atoms with Gasteiger partial charge in [-0.2, -0.15) is 0 Å². The lowest BCUT2D eigenvalue weighted by Gasteiger charge is -2.22. The van der Waals surface area contributed by atoms with Gasteiger partial charge in [0.05, 0.1) is 4.90 Å². The van der Waals surface area contributed by atoms with Gasteiger partial charge in [-0.15, -0.1) is 0 Å². The van der Waals surface area contributed by atoms with Gasteiger partial charge < -0.3 is 14.6 Å². The highest BCUT2D eigenvalue weighted by molar-refractivity contribution is 7.79. The van der Waals surface area contributed by atoms with E-state index < -0.39 is 11.1 Å². The second-order valence-corrected chi connectivity index (χ2v) is 5.18. The molecule has 0 radical (unpaired) electrons. The number of benzene rings is 1. The van der Waals surface area contributed by atoms with Crippen LogP contribution in [0.4, 0.5) is 5.69 Å². The molecular formula is C12H17NO3S. The number of rotatable bonds is 4. The van der Waals surface area contributed by atoms with Crippen LogP contribution in [0.25, 0.3) is 0 Å². The Bertz CT molecular complexity index is 374. The summed E-state index contributed by atoms with van der Waals surface area (Å²) in [6.45, 7) is 2.65. The molecule has 0 bridgehead atoms. The van der Waals surface area contributed by atoms with Crippen molar-refractivity contribution in [1.82, 2.24) is 0 Å². The quantitative estimate of drug-likeness (QED) is 0.809. The zero-order valence-electron chi connectivity index (χ0n) is 9.59. The summed E-state index contributed by atoms with van der Waals surface area (Å²) in [7, 11) is 0. The normalized spacial score (nSPS) is 18.9. The molecule has 1 saturated heterocycles. The van der Waals surface area contributed by atoms with Gasteiger partial charge >= 0.3 is 0 Å². The highest BCUT2D eigenvalue weighted by Gasteiger charge is 2.13. The smallest absolute Gasteiger partial charge is 0.186 e. The van der Waals surface area contributed by atoms with Crippen molar-refractivity contribution in [3.63, 3.8) is 0 Å². The molecule has 17 heavy (non-hydrogen) atoms. The second kappa shape index (κ2) is 6.14. The molecule has 1 aromatic rings. The third kappa shape index (κ3) is 3.80. The molecule has 0 spiro atoms. The fraction of sp³-hybridized carbons (Fsp3) is 0.500. The van der Waals surface area contributed by atoms with E-state index in [1.165, 1.54) is 0 Å². The van der Waals surface area contributed by atoms with Crippen molar-refractivity contribution in [2.45, 2.75) is 17.7 Å². The van der Waals surface area contributed by atoms with Crippen LogP contribution in [0.3, 0.4) is 0 Å². The molecule has 4 nitrogen and oxygen atoms in total. The fourth-order valence-electron chi connectivity index (χ4n) is 1.90. The molecule has 0 amide bonds. The van der Waals surface area contributed by atoms with E-state index in [1.807, 2.05) is 12.1 Å². The Morgan fingerprint density at radius 3 is 2.53 bits per heavy atom. The Morgan fingerprint density at radius 2 is 1.94 bits per heavy atom. The standard InChI is InChI=1S/C12H17NO3S/c14-17(15)12-3-1-11(2-4-12)13-9-10-5-7-16-8-6-10/h1-4,10,13H,5-9H2,(H,14,15). The Kier molecular flexibility index (Phi) is 4.53. The molecule has 5 heteroatoms. The zero-order chi connectivity index (χ0) is 12.1. The van der Waals surface area contributed by atoms with E-state index in [9.17, 15) is 4.21 Å². The molecule has 1 aliphatic heterocycles. The molecule has 2 rings (SSSR count). The van der Waals surface area contributed by atoms with Crippen LogP contribution in [0.5, 0.6) is 0 Å². The summed E-state index contributed by atoms with van der Waals surface area (Å²) in [6, 6.07) is 7.01. The van der Waals surface area contributed by atoms with Crippen LogP contribution in [-0.4, -0.2) is 28.5 Å². The summed E-state index contributed by atoms with van der Waals surface area (Å²) in [5.74, 6) is 0.662. The van der Waals surface area contributed by atoms with Gasteiger partial charge in [0.2, 0.25) is 0 Å². The Labute approximate surface area is 104 Å². The summed E-state index contributed by atoms with van der Waals surface area (Å²) >= 11 is -1.89. The maximum absolute atomic E-state index is 10.8. The first-order valence-electron chi connectivity index (χ1n) is 5.78. The summed E-state index contributed by atoms with van der Waals surface area (Å²) in [6.07, 6.45) is 2.21. The van der Waals surface area contributed by atoms with Gasteiger partial charge in [-0.1, -0.05) is 0 Å². The van der Waals surface area contributed by atoms with Crippen LogP contribution >= 0.6 is 0 Å². The lowest BCUT2D eigenvalue weighted by Crippen LogP contribution is -2.22. The van der Waals surface area contributed by atoms with Crippen LogP contribution in [0.1, 0.15) is 12.8 Å². The zero-order valence-corrected chi connectivity index (χ0v) is 10.4. The monoisotopic (exact) mass is 255 g/mol. The van der Waals surface area contributed by atoms with E-state index in [0.29, 0.717) is 10.8 Å². The average molecular weight is 255 g/mol. The summed E-state index contributed by atoms with van der Waals surface area (Å²) in [4.78, 5) is 0.432. The first-order chi connectivity index (χ1) is 8.25. The van der Waals surface area contributed by atoms with Crippen molar-refractivity contribution in [3.8, 4) is 0 Å². The van der Waals surface area contributed by atoms with Gasteiger partial charge in [-0.3, -0.25) is 0 Å². The summed E-state index contributed by atoms with van der Waals surface area (Å²) in [5, 5.41) is 3.34. The summed E-state index contributed by atoms with van der Waals surface area (Å²) < 4.78 is 25.0. The highest BCUT2D eigenvalue weighted by atomic mass is 32.2. The van der Waals surface area contributed by atoms with Crippen molar-refractivity contribution in [3.05, 3.63) is 24.3 Å². The van der Waals surface area contributed by atoms with Gasteiger partial charge in [0.1, 0.15) is 0 Å². The molecule has 2 N–H and O–H groups in total. The predicted octanol–water partition coefficient (Wildman–Crippen LogP) is 2.11. The molecule has 0 aromatic heterocycles. The number of ether oxygens (including phenoxy) is 1.